The van der Waals surface area contributed by atoms with E-state index >= 15 is 0 Å². The van der Waals surface area contributed by atoms with Gasteiger partial charge >= 0.3 is 6.03 Å². The minimum absolute atomic E-state index is 0.207. The maximum atomic E-state index is 11.7. The summed E-state index contributed by atoms with van der Waals surface area (Å²) < 4.78 is 8.88. The zero-order valence-electron chi connectivity index (χ0n) is 19.1. The van der Waals surface area contributed by atoms with Crippen LogP contribution in [-0.4, -0.2) is 79.0 Å². The Morgan fingerprint density at radius 3 is 2.78 bits per heavy atom. The second-order valence-corrected chi connectivity index (χ2v) is 9.26. The normalized spacial score (nSPS) is 14.7. The molecule has 0 unspecified atom stereocenters. The van der Waals surface area contributed by atoms with Crippen LogP contribution in [0.5, 0.6) is 5.88 Å². The zero-order chi connectivity index (χ0) is 22.5. The lowest BCUT2D eigenvalue weighted by Gasteiger charge is -2.36. The smallest absolute Gasteiger partial charge is 0.322 e. The Hall–Kier alpha value is -2.78. The summed E-state index contributed by atoms with van der Waals surface area (Å²) in [5, 5.41) is 10.6. The molecule has 3 heterocycles. The number of piperazine rings is 1. The number of urea groups is 1. The molecule has 0 bridgehead atoms. The molecule has 1 saturated heterocycles. The molecule has 2 amide bonds. The molecule has 32 heavy (non-hydrogen) atoms. The number of carbonyl (C=O) groups excluding carboxylic acids is 1. The van der Waals surface area contributed by atoms with Gasteiger partial charge in [-0.2, -0.15) is 5.10 Å². The van der Waals surface area contributed by atoms with E-state index in [1.807, 2.05) is 18.4 Å². The van der Waals surface area contributed by atoms with E-state index in [1.54, 1.807) is 24.8 Å². The predicted molar refractivity (Wildman–Crippen MR) is 131 cm³/mol. The average molecular weight is 457 g/mol. The maximum absolute atomic E-state index is 11.7. The first-order valence-corrected chi connectivity index (χ1v) is 12.0. The highest BCUT2D eigenvalue weighted by atomic mass is 32.1. The average Bonchev–Trinajstić information content (AvgIpc) is 3.40. The van der Waals surface area contributed by atoms with Crippen LogP contribution in [0.4, 0.5) is 16.3 Å². The Bertz CT molecular complexity index is 1040. The molecule has 172 valence electrons. The van der Waals surface area contributed by atoms with Crippen LogP contribution in [-0.2, 0) is 7.05 Å². The van der Waals surface area contributed by atoms with Crippen molar-refractivity contribution in [2.24, 2.45) is 7.05 Å². The van der Waals surface area contributed by atoms with Gasteiger partial charge in [0.05, 0.1) is 6.61 Å². The van der Waals surface area contributed by atoms with E-state index in [2.05, 4.69) is 49.9 Å². The highest BCUT2D eigenvalue weighted by Crippen LogP contribution is 2.31. The van der Waals surface area contributed by atoms with Gasteiger partial charge in [-0.25, -0.2) is 9.48 Å². The summed E-state index contributed by atoms with van der Waals surface area (Å²) in [5.41, 5.74) is 1.37. The molecular formula is C23H32N6O2S. The molecule has 1 aromatic carbocycles. The molecule has 0 atom stereocenters. The van der Waals surface area contributed by atoms with E-state index in [0.29, 0.717) is 18.3 Å². The third-order valence-corrected chi connectivity index (χ3v) is 6.66. The minimum atomic E-state index is -0.207. The molecule has 1 aliphatic heterocycles. The third kappa shape index (κ3) is 5.34. The highest BCUT2D eigenvalue weighted by Gasteiger charge is 2.18. The van der Waals surface area contributed by atoms with Gasteiger partial charge < -0.3 is 14.5 Å². The summed E-state index contributed by atoms with van der Waals surface area (Å²) in [5.74, 6) is 1.16. The van der Waals surface area contributed by atoms with Gasteiger partial charge in [0.1, 0.15) is 0 Å². The number of fused-ring (bicyclic) bond motifs is 1. The second kappa shape index (κ2) is 10.2. The maximum Gasteiger partial charge on any atom is 0.322 e. The monoisotopic (exact) mass is 456 g/mol. The SMILES string of the molecule is CN(C)C(=O)Nc1cc(OCCCCN2CCN(c3cccc4sccc34)CC2)n(C)n1. The van der Waals surface area contributed by atoms with Crippen LogP contribution in [0.2, 0.25) is 0 Å². The standard InChI is InChI=1S/C23H32N6O2S/c1-26(2)23(30)24-21-17-22(27(3)25-21)31-15-5-4-10-28-11-13-29(14-12-28)19-7-6-8-20-18(19)9-16-32-20/h6-9,16-17H,4-5,10-15H2,1-3H3,(H,24,25,30). The van der Waals surface area contributed by atoms with E-state index in [1.165, 1.54) is 20.7 Å². The van der Waals surface area contributed by atoms with Crippen molar-refractivity contribution in [2.75, 3.05) is 63.6 Å². The van der Waals surface area contributed by atoms with Gasteiger partial charge in [0, 0.05) is 69.2 Å². The Balaban J connectivity index is 1.16. The lowest BCUT2D eigenvalue weighted by atomic mass is 10.2. The summed E-state index contributed by atoms with van der Waals surface area (Å²) in [6.45, 7) is 6.07. The van der Waals surface area contributed by atoms with Crippen LogP contribution in [0, 0.1) is 0 Å². The van der Waals surface area contributed by atoms with Crippen LogP contribution >= 0.6 is 11.3 Å². The molecule has 9 heteroatoms. The molecule has 0 radical (unpaired) electrons. The molecule has 8 nitrogen and oxygen atoms in total. The second-order valence-electron chi connectivity index (χ2n) is 8.31. The van der Waals surface area contributed by atoms with Crippen molar-refractivity contribution in [1.82, 2.24) is 19.6 Å². The molecule has 0 aliphatic carbocycles. The fourth-order valence-electron chi connectivity index (χ4n) is 3.95. The Kier molecular flexibility index (Phi) is 7.16. The Morgan fingerprint density at radius 2 is 2.00 bits per heavy atom. The van der Waals surface area contributed by atoms with Crippen molar-refractivity contribution in [3.63, 3.8) is 0 Å². The van der Waals surface area contributed by atoms with Gasteiger partial charge in [-0.15, -0.1) is 11.3 Å². The fourth-order valence-corrected chi connectivity index (χ4v) is 4.76. The van der Waals surface area contributed by atoms with Gasteiger partial charge in [0.25, 0.3) is 0 Å². The number of nitrogens with one attached hydrogen (secondary N) is 1. The largest absolute Gasteiger partial charge is 0.478 e. The van der Waals surface area contributed by atoms with Crippen LogP contribution in [0.1, 0.15) is 12.8 Å². The number of unbranched alkanes of at least 4 members (excludes halogenated alkanes) is 1. The van der Waals surface area contributed by atoms with E-state index in [-0.39, 0.29) is 6.03 Å². The molecular weight excluding hydrogens is 424 g/mol. The summed E-state index contributed by atoms with van der Waals surface area (Å²) in [6.07, 6.45) is 2.08. The van der Waals surface area contributed by atoms with Crippen molar-refractivity contribution >= 4 is 39.0 Å². The van der Waals surface area contributed by atoms with E-state index in [0.717, 1.165) is 45.6 Å². The third-order valence-electron chi connectivity index (χ3n) is 5.78. The minimum Gasteiger partial charge on any atom is -0.478 e. The molecule has 0 saturated carbocycles. The molecule has 1 fully saturated rings. The molecule has 1 aliphatic rings. The number of hydrogen-bond donors (Lipinski definition) is 1. The molecule has 4 rings (SSSR count). The number of aromatic nitrogens is 2. The number of hydrogen-bond acceptors (Lipinski definition) is 6. The van der Waals surface area contributed by atoms with Crippen LogP contribution in [0.3, 0.4) is 0 Å². The van der Waals surface area contributed by atoms with E-state index < -0.39 is 0 Å². The first kappa shape index (κ1) is 22.4. The summed E-state index contributed by atoms with van der Waals surface area (Å²) in [7, 11) is 5.20. The van der Waals surface area contributed by atoms with Crippen molar-refractivity contribution in [1.29, 1.82) is 0 Å². The molecule has 2 aromatic heterocycles. The topological polar surface area (TPSA) is 65.9 Å². The molecule has 3 aromatic rings. The number of carbonyl (C=O) groups is 1. The summed E-state index contributed by atoms with van der Waals surface area (Å²) in [4.78, 5) is 18.3. The van der Waals surface area contributed by atoms with Gasteiger partial charge in [-0.05, 0) is 43.0 Å². The number of rotatable bonds is 8. The lowest BCUT2D eigenvalue weighted by Crippen LogP contribution is -2.46. The number of nitrogens with zero attached hydrogens (tertiary/aromatic N) is 5. The van der Waals surface area contributed by atoms with Gasteiger partial charge in [0.15, 0.2) is 5.82 Å². The lowest BCUT2D eigenvalue weighted by molar-refractivity contribution is 0.230. The number of thiophene rings is 1. The number of benzene rings is 1. The van der Waals surface area contributed by atoms with Gasteiger partial charge in [-0.1, -0.05) is 6.07 Å². The molecule has 0 spiro atoms. The zero-order valence-corrected chi connectivity index (χ0v) is 19.9. The van der Waals surface area contributed by atoms with Crippen LogP contribution in [0.25, 0.3) is 10.1 Å². The van der Waals surface area contributed by atoms with Crippen LogP contribution < -0.4 is 15.0 Å². The molecule has 1 N–H and O–H groups in total. The van der Waals surface area contributed by atoms with Crippen molar-refractivity contribution in [2.45, 2.75) is 12.8 Å². The van der Waals surface area contributed by atoms with Crippen molar-refractivity contribution in [3.05, 3.63) is 35.7 Å². The van der Waals surface area contributed by atoms with Gasteiger partial charge in [0.2, 0.25) is 5.88 Å². The Labute approximate surface area is 193 Å². The van der Waals surface area contributed by atoms with E-state index in [9.17, 15) is 4.79 Å². The first-order chi connectivity index (χ1) is 15.5. The van der Waals surface area contributed by atoms with E-state index in [4.69, 9.17) is 4.74 Å². The van der Waals surface area contributed by atoms with Crippen LogP contribution in [0.15, 0.2) is 35.7 Å². The summed E-state index contributed by atoms with van der Waals surface area (Å²) >= 11 is 1.81. The number of ether oxygens (including phenoxy) is 1. The van der Waals surface area contributed by atoms with Crippen molar-refractivity contribution < 1.29 is 9.53 Å². The summed E-state index contributed by atoms with van der Waals surface area (Å²) in [6, 6.07) is 10.4. The predicted octanol–water partition coefficient (Wildman–Crippen LogP) is 3.71. The van der Waals surface area contributed by atoms with Gasteiger partial charge in [-0.3, -0.25) is 10.2 Å². The number of aryl methyl sites for hydroxylation is 1. The quantitative estimate of drug-likeness (QED) is 0.524. The van der Waals surface area contributed by atoms with Crippen molar-refractivity contribution in [3.8, 4) is 5.88 Å². The highest BCUT2D eigenvalue weighted by molar-refractivity contribution is 7.17. The Morgan fingerprint density at radius 1 is 1.19 bits per heavy atom. The number of anilines is 2. The fraction of sp³-hybridized carbons (Fsp3) is 0.478. The first-order valence-electron chi connectivity index (χ1n) is 11.1. The number of amides is 2.